The van der Waals surface area contributed by atoms with Gasteiger partial charge in [0, 0.05) is 21.6 Å². The van der Waals surface area contributed by atoms with Gasteiger partial charge in [-0.2, -0.15) is 0 Å². The zero-order valence-electron chi connectivity index (χ0n) is 12.5. The maximum absolute atomic E-state index is 11.4. The number of fused-ring (bicyclic) bond motifs is 1. The number of nitrogens with one attached hydrogen (secondary N) is 1. The highest BCUT2D eigenvalue weighted by atomic mass is 79.9. The lowest BCUT2D eigenvalue weighted by Gasteiger charge is -2.12. The standard InChI is InChI=1S/C16H12BrN3O4/c1-24-15-6-11-12(7-14(15)21)18-8-13(20(22)23)16(11)19-10-4-2-3-9(17)5-10/h2-8,21H,1H3,(H,18,19). The second-order valence-corrected chi connectivity index (χ2v) is 5.87. The summed E-state index contributed by atoms with van der Waals surface area (Å²) < 4.78 is 5.93. The fourth-order valence-corrected chi connectivity index (χ4v) is 2.74. The number of methoxy groups -OCH3 is 1. The molecule has 24 heavy (non-hydrogen) atoms. The van der Waals surface area contributed by atoms with Crippen LogP contribution in [-0.4, -0.2) is 22.1 Å². The summed E-state index contributed by atoms with van der Waals surface area (Å²) in [6.07, 6.45) is 1.16. The van der Waals surface area contributed by atoms with Crippen molar-refractivity contribution in [3.05, 3.63) is 57.2 Å². The number of benzene rings is 2. The lowest BCUT2D eigenvalue weighted by atomic mass is 10.1. The van der Waals surface area contributed by atoms with E-state index < -0.39 is 4.92 Å². The summed E-state index contributed by atoms with van der Waals surface area (Å²) in [7, 11) is 1.41. The Hall–Kier alpha value is -2.87. The minimum Gasteiger partial charge on any atom is -0.504 e. The molecule has 3 aromatic rings. The lowest BCUT2D eigenvalue weighted by Crippen LogP contribution is -2.00. The predicted molar refractivity (Wildman–Crippen MR) is 94.0 cm³/mol. The third kappa shape index (κ3) is 2.95. The number of hydrogen-bond donors (Lipinski definition) is 2. The van der Waals surface area contributed by atoms with E-state index in [1.807, 2.05) is 12.1 Å². The molecule has 0 atom stereocenters. The number of aromatic hydroxyl groups is 1. The van der Waals surface area contributed by atoms with Gasteiger partial charge in [0.05, 0.1) is 17.5 Å². The van der Waals surface area contributed by atoms with Crippen LogP contribution in [-0.2, 0) is 0 Å². The summed E-state index contributed by atoms with van der Waals surface area (Å²) in [6.45, 7) is 0. The van der Waals surface area contributed by atoms with Crippen molar-refractivity contribution in [3.63, 3.8) is 0 Å². The number of nitrogens with zero attached hydrogens (tertiary/aromatic N) is 2. The van der Waals surface area contributed by atoms with Crippen molar-refractivity contribution in [1.82, 2.24) is 4.98 Å². The molecule has 2 aromatic carbocycles. The number of ether oxygens (including phenoxy) is 1. The number of anilines is 2. The van der Waals surface area contributed by atoms with Gasteiger partial charge < -0.3 is 15.2 Å². The molecule has 2 N–H and O–H groups in total. The Morgan fingerprint density at radius 3 is 2.79 bits per heavy atom. The molecule has 0 spiro atoms. The van der Waals surface area contributed by atoms with Gasteiger partial charge in [-0.15, -0.1) is 0 Å². The first-order chi connectivity index (χ1) is 11.5. The smallest absolute Gasteiger partial charge is 0.311 e. The van der Waals surface area contributed by atoms with E-state index in [0.29, 0.717) is 16.6 Å². The van der Waals surface area contributed by atoms with Gasteiger partial charge in [0.15, 0.2) is 11.5 Å². The third-order valence-electron chi connectivity index (χ3n) is 3.44. The summed E-state index contributed by atoms with van der Waals surface area (Å²) in [6, 6.07) is 10.2. The number of halogens is 1. The van der Waals surface area contributed by atoms with Gasteiger partial charge in [-0.05, 0) is 24.3 Å². The fraction of sp³-hybridized carbons (Fsp3) is 0.0625. The van der Waals surface area contributed by atoms with Gasteiger partial charge >= 0.3 is 5.69 Å². The van der Waals surface area contributed by atoms with Crippen molar-refractivity contribution < 1.29 is 14.8 Å². The number of pyridine rings is 1. The molecule has 7 nitrogen and oxygen atoms in total. The van der Waals surface area contributed by atoms with Crippen LogP contribution in [0, 0.1) is 10.1 Å². The van der Waals surface area contributed by atoms with Crippen LogP contribution in [0.3, 0.4) is 0 Å². The minimum absolute atomic E-state index is 0.0836. The molecule has 1 aromatic heterocycles. The van der Waals surface area contributed by atoms with Crippen LogP contribution in [0.2, 0.25) is 0 Å². The predicted octanol–water partition coefficient (Wildman–Crippen LogP) is 4.36. The largest absolute Gasteiger partial charge is 0.504 e. The molecule has 0 aliphatic rings. The van der Waals surface area contributed by atoms with Crippen LogP contribution >= 0.6 is 15.9 Å². The average molecular weight is 390 g/mol. The van der Waals surface area contributed by atoms with Crippen molar-refractivity contribution in [1.29, 1.82) is 0 Å². The monoisotopic (exact) mass is 389 g/mol. The van der Waals surface area contributed by atoms with Gasteiger partial charge in [-0.3, -0.25) is 10.1 Å². The molecule has 122 valence electrons. The number of rotatable bonds is 4. The van der Waals surface area contributed by atoms with Crippen molar-refractivity contribution in [3.8, 4) is 11.5 Å². The Morgan fingerprint density at radius 1 is 1.33 bits per heavy atom. The Kier molecular flexibility index (Phi) is 4.22. The van der Waals surface area contributed by atoms with E-state index in [4.69, 9.17) is 4.74 Å². The molecular formula is C16H12BrN3O4. The van der Waals surface area contributed by atoms with Crippen LogP contribution in [0.4, 0.5) is 17.1 Å². The zero-order chi connectivity index (χ0) is 17.3. The number of hydrogen-bond acceptors (Lipinski definition) is 6. The first-order valence-electron chi connectivity index (χ1n) is 6.86. The molecule has 0 radical (unpaired) electrons. The van der Waals surface area contributed by atoms with E-state index in [0.717, 1.165) is 10.7 Å². The molecule has 0 unspecified atom stereocenters. The first kappa shape index (κ1) is 16.0. The van der Waals surface area contributed by atoms with Crippen molar-refractivity contribution >= 4 is 43.9 Å². The zero-order valence-corrected chi connectivity index (χ0v) is 14.1. The highest BCUT2D eigenvalue weighted by Crippen LogP contribution is 2.39. The number of phenolic OH excluding ortho intramolecular Hbond substituents is 1. The maximum Gasteiger partial charge on any atom is 0.311 e. The van der Waals surface area contributed by atoms with Crippen LogP contribution in [0.25, 0.3) is 10.9 Å². The van der Waals surface area contributed by atoms with E-state index in [1.165, 1.54) is 19.2 Å². The van der Waals surface area contributed by atoms with E-state index in [-0.39, 0.29) is 22.9 Å². The van der Waals surface area contributed by atoms with Crippen molar-refractivity contribution in [2.45, 2.75) is 0 Å². The van der Waals surface area contributed by atoms with Gasteiger partial charge in [0.1, 0.15) is 11.9 Å². The molecular weight excluding hydrogens is 378 g/mol. The molecule has 0 saturated carbocycles. The Labute approximate surface area is 145 Å². The minimum atomic E-state index is -0.508. The highest BCUT2D eigenvalue weighted by Gasteiger charge is 2.20. The van der Waals surface area contributed by atoms with Gasteiger partial charge in [-0.1, -0.05) is 22.0 Å². The molecule has 8 heteroatoms. The maximum atomic E-state index is 11.4. The van der Waals surface area contributed by atoms with Gasteiger partial charge in [-0.25, -0.2) is 4.98 Å². The van der Waals surface area contributed by atoms with Crippen molar-refractivity contribution in [2.24, 2.45) is 0 Å². The number of nitro groups is 1. The molecule has 0 fully saturated rings. The van der Waals surface area contributed by atoms with Crippen LogP contribution in [0.5, 0.6) is 11.5 Å². The van der Waals surface area contributed by atoms with E-state index >= 15 is 0 Å². The molecule has 1 heterocycles. The molecule has 0 aliphatic carbocycles. The van der Waals surface area contributed by atoms with Gasteiger partial charge in [0.25, 0.3) is 0 Å². The molecule has 0 saturated heterocycles. The number of aromatic nitrogens is 1. The Morgan fingerprint density at radius 2 is 2.12 bits per heavy atom. The second kappa shape index (κ2) is 6.32. The molecule has 0 bridgehead atoms. The number of phenols is 1. The molecule has 3 rings (SSSR count). The summed E-state index contributed by atoms with van der Waals surface area (Å²) in [5, 5.41) is 24.8. The summed E-state index contributed by atoms with van der Waals surface area (Å²) in [5.74, 6) is 0.127. The van der Waals surface area contributed by atoms with Crippen molar-refractivity contribution in [2.75, 3.05) is 12.4 Å². The summed E-state index contributed by atoms with van der Waals surface area (Å²) in [4.78, 5) is 14.9. The Balaban J connectivity index is 2.24. The molecule has 0 aliphatic heterocycles. The van der Waals surface area contributed by atoms with E-state index in [1.54, 1.807) is 12.1 Å². The lowest BCUT2D eigenvalue weighted by molar-refractivity contribution is -0.384. The normalized spacial score (nSPS) is 10.6. The van der Waals surface area contributed by atoms with Crippen LogP contribution in [0.1, 0.15) is 0 Å². The van der Waals surface area contributed by atoms with Crippen LogP contribution < -0.4 is 10.1 Å². The topological polar surface area (TPSA) is 97.5 Å². The second-order valence-electron chi connectivity index (χ2n) is 4.95. The summed E-state index contributed by atoms with van der Waals surface area (Å²) in [5.41, 5.74) is 1.19. The van der Waals surface area contributed by atoms with E-state index in [2.05, 4.69) is 26.2 Å². The van der Waals surface area contributed by atoms with Crippen LogP contribution in [0.15, 0.2) is 47.1 Å². The van der Waals surface area contributed by atoms with Gasteiger partial charge in [0.2, 0.25) is 0 Å². The first-order valence-corrected chi connectivity index (χ1v) is 7.65. The summed E-state index contributed by atoms with van der Waals surface area (Å²) >= 11 is 3.37. The van der Waals surface area contributed by atoms with E-state index in [9.17, 15) is 15.2 Å². The molecule has 0 amide bonds. The Bertz CT molecular complexity index is 946. The quantitative estimate of drug-likeness (QED) is 0.507. The third-order valence-corrected chi connectivity index (χ3v) is 3.93. The SMILES string of the molecule is COc1cc2c(Nc3cccc(Br)c3)c([N+](=O)[O-])cnc2cc1O. The highest BCUT2D eigenvalue weighted by molar-refractivity contribution is 9.10. The average Bonchev–Trinajstić information content (AvgIpc) is 2.54. The fourth-order valence-electron chi connectivity index (χ4n) is 2.34.